The predicted octanol–water partition coefficient (Wildman–Crippen LogP) is 5.39. The summed E-state index contributed by atoms with van der Waals surface area (Å²) in [7, 11) is 0. The number of nitrogens with zero attached hydrogens (tertiary/aromatic N) is 4. The van der Waals surface area contributed by atoms with E-state index in [2.05, 4.69) is 53.9 Å². The number of nitrogens with one attached hydrogen (secondary N) is 1. The van der Waals surface area contributed by atoms with Gasteiger partial charge in [0.1, 0.15) is 5.52 Å². The molecule has 5 rings (SSSR count). The first-order valence-corrected chi connectivity index (χ1v) is 11.4. The van der Waals surface area contributed by atoms with Gasteiger partial charge in [-0.25, -0.2) is 19.7 Å². The smallest absolute Gasteiger partial charge is 0.303 e. The highest BCUT2D eigenvalue weighted by molar-refractivity contribution is 7.10. The van der Waals surface area contributed by atoms with Crippen LogP contribution in [0.5, 0.6) is 0 Å². The molecule has 0 aliphatic carbocycles. The van der Waals surface area contributed by atoms with Gasteiger partial charge in [-0.2, -0.15) is 0 Å². The van der Waals surface area contributed by atoms with Crippen molar-refractivity contribution in [3.05, 3.63) is 86.7 Å². The topological polar surface area (TPSA) is 76.5 Å². The van der Waals surface area contributed by atoms with E-state index in [4.69, 9.17) is 4.98 Å². The molecule has 7 heteroatoms. The van der Waals surface area contributed by atoms with Gasteiger partial charge in [-0.05, 0) is 24.0 Å². The molecule has 0 radical (unpaired) electrons. The van der Waals surface area contributed by atoms with Gasteiger partial charge in [0.2, 0.25) is 0 Å². The fourth-order valence-corrected chi connectivity index (χ4v) is 4.56. The third kappa shape index (κ3) is 3.65. The van der Waals surface area contributed by atoms with Crippen LogP contribution in [0.2, 0.25) is 0 Å². The summed E-state index contributed by atoms with van der Waals surface area (Å²) in [4.78, 5) is 30.5. The number of fused-ring (bicyclic) bond motifs is 1. The Hall–Kier alpha value is -3.58. The van der Waals surface area contributed by atoms with Crippen molar-refractivity contribution >= 4 is 22.5 Å². The predicted molar refractivity (Wildman–Crippen MR) is 129 cm³/mol. The summed E-state index contributed by atoms with van der Waals surface area (Å²) in [5.41, 5.74) is 8.19. The Morgan fingerprint density at radius 1 is 1.06 bits per heavy atom. The van der Waals surface area contributed by atoms with Gasteiger partial charge < -0.3 is 4.98 Å². The number of thiazole rings is 1. The normalized spacial score (nSPS) is 11.5. The number of aromatic amines is 1. The molecule has 0 aliphatic heterocycles. The summed E-state index contributed by atoms with van der Waals surface area (Å²) in [5, 5.41) is 0. The lowest BCUT2D eigenvalue weighted by Crippen LogP contribution is -2.17. The quantitative estimate of drug-likeness (QED) is 0.397. The second kappa shape index (κ2) is 8.16. The first-order valence-electron chi connectivity index (χ1n) is 10.6. The van der Waals surface area contributed by atoms with Crippen LogP contribution in [0, 0.1) is 6.92 Å². The second-order valence-electron chi connectivity index (χ2n) is 8.14. The van der Waals surface area contributed by atoms with Crippen LogP contribution in [0.15, 0.2) is 65.0 Å². The molecule has 0 amide bonds. The molecule has 0 aliphatic rings. The molecule has 32 heavy (non-hydrogen) atoms. The van der Waals surface area contributed by atoms with Gasteiger partial charge >= 0.3 is 5.69 Å². The summed E-state index contributed by atoms with van der Waals surface area (Å²) < 4.78 is 1.67. The van der Waals surface area contributed by atoms with E-state index in [0.29, 0.717) is 29.5 Å². The van der Waals surface area contributed by atoms with Crippen molar-refractivity contribution in [3.8, 4) is 22.6 Å². The highest BCUT2D eigenvalue weighted by atomic mass is 32.1. The SMILES string of the molecule is Cc1scnc1-c1ccc(Cn2c(=O)[nH]c3cnc(-c4ccccc4C(C)C)nc32)cc1. The van der Waals surface area contributed by atoms with Crippen LogP contribution in [-0.4, -0.2) is 24.5 Å². The lowest BCUT2D eigenvalue weighted by Gasteiger charge is -2.11. The first kappa shape index (κ1) is 20.3. The average molecular weight is 442 g/mol. The second-order valence-corrected chi connectivity index (χ2v) is 9.20. The third-order valence-electron chi connectivity index (χ3n) is 5.65. The molecule has 0 saturated carbocycles. The molecule has 0 bridgehead atoms. The number of H-pyrrole nitrogens is 1. The lowest BCUT2D eigenvalue weighted by atomic mass is 9.97. The fourth-order valence-electron chi connectivity index (χ4n) is 3.96. The van der Waals surface area contributed by atoms with Crippen LogP contribution in [0.1, 0.15) is 35.8 Å². The van der Waals surface area contributed by atoms with Gasteiger partial charge in [-0.15, -0.1) is 11.3 Å². The van der Waals surface area contributed by atoms with Crippen LogP contribution >= 0.6 is 11.3 Å². The number of hydrogen-bond acceptors (Lipinski definition) is 5. The molecule has 0 saturated heterocycles. The number of benzene rings is 2. The van der Waals surface area contributed by atoms with Crippen molar-refractivity contribution in [3.63, 3.8) is 0 Å². The first-order chi connectivity index (χ1) is 15.5. The van der Waals surface area contributed by atoms with Crippen molar-refractivity contribution in [2.75, 3.05) is 0 Å². The fraction of sp³-hybridized carbons (Fsp3) is 0.200. The molecule has 6 nitrogen and oxygen atoms in total. The molecule has 160 valence electrons. The molecular formula is C25H23N5OS. The third-order valence-corrected chi connectivity index (χ3v) is 6.41. The van der Waals surface area contributed by atoms with E-state index in [-0.39, 0.29) is 5.69 Å². The van der Waals surface area contributed by atoms with Crippen molar-refractivity contribution in [1.29, 1.82) is 0 Å². The largest absolute Gasteiger partial charge is 0.328 e. The number of imidazole rings is 1. The monoisotopic (exact) mass is 441 g/mol. The minimum atomic E-state index is -0.192. The highest BCUT2D eigenvalue weighted by Gasteiger charge is 2.15. The van der Waals surface area contributed by atoms with Gasteiger partial charge in [-0.1, -0.05) is 62.4 Å². The standard InChI is InChI=1S/C25H23N5OS/c1-15(2)19-6-4-5-7-20(19)23-26-12-21-24(29-23)30(25(31)28-21)13-17-8-10-18(11-9-17)22-16(3)32-14-27-22/h4-12,14-15H,13H2,1-3H3,(H,28,31). The van der Waals surface area contributed by atoms with Gasteiger partial charge in [0.25, 0.3) is 0 Å². The van der Waals surface area contributed by atoms with Crippen LogP contribution in [0.4, 0.5) is 0 Å². The number of aryl methyl sites for hydroxylation is 1. The summed E-state index contributed by atoms with van der Waals surface area (Å²) in [6.45, 7) is 6.80. The van der Waals surface area contributed by atoms with Crippen molar-refractivity contribution in [1.82, 2.24) is 24.5 Å². The Labute approximate surface area is 189 Å². The van der Waals surface area contributed by atoms with E-state index in [9.17, 15) is 4.79 Å². The van der Waals surface area contributed by atoms with Crippen LogP contribution in [0.3, 0.4) is 0 Å². The van der Waals surface area contributed by atoms with E-state index < -0.39 is 0 Å². The Kier molecular flexibility index (Phi) is 5.19. The minimum absolute atomic E-state index is 0.192. The van der Waals surface area contributed by atoms with Gasteiger partial charge in [0, 0.05) is 16.0 Å². The molecule has 0 fully saturated rings. The van der Waals surface area contributed by atoms with Gasteiger partial charge in [0.05, 0.1) is 23.9 Å². The Balaban J connectivity index is 1.52. The molecule has 0 spiro atoms. The van der Waals surface area contributed by atoms with Crippen LogP contribution in [0.25, 0.3) is 33.8 Å². The summed E-state index contributed by atoms with van der Waals surface area (Å²) in [6.07, 6.45) is 1.70. The lowest BCUT2D eigenvalue weighted by molar-refractivity contribution is 0.777. The summed E-state index contributed by atoms with van der Waals surface area (Å²) in [6, 6.07) is 16.3. The van der Waals surface area contributed by atoms with E-state index in [1.807, 2.05) is 35.8 Å². The molecule has 2 aromatic carbocycles. The van der Waals surface area contributed by atoms with E-state index in [0.717, 1.165) is 22.4 Å². The van der Waals surface area contributed by atoms with Crippen LogP contribution < -0.4 is 5.69 Å². The summed E-state index contributed by atoms with van der Waals surface area (Å²) >= 11 is 1.64. The number of rotatable bonds is 5. The van der Waals surface area contributed by atoms with Crippen molar-refractivity contribution < 1.29 is 0 Å². The van der Waals surface area contributed by atoms with E-state index >= 15 is 0 Å². The maximum atomic E-state index is 12.7. The maximum absolute atomic E-state index is 12.7. The Bertz CT molecular complexity index is 1460. The molecule has 3 aromatic heterocycles. The summed E-state index contributed by atoms with van der Waals surface area (Å²) in [5.74, 6) is 0.975. The molecule has 3 heterocycles. The van der Waals surface area contributed by atoms with E-state index in [1.165, 1.54) is 10.4 Å². The zero-order valence-corrected chi connectivity index (χ0v) is 19.0. The van der Waals surface area contributed by atoms with Gasteiger partial charge in [-0.3, -0.25) is 4.57 Å². The van der Waals surface area contributed by atoms with Gasteiger partial charge in [0.15, 0.2) is 11.5 Å². The van der Waals surface area contributed by atoms with Crippen molar-refractivity contribution in [2.45, 2.75) is 33.2 Å². The average Bonchev–Trinajstić information content (AvgIpc) is 3.36. The van der Waals surface area contributed by atoms with E-state index in [1.54, 1.807) is 22.1 Å². The Morgan fingerprint density at radius 2 is 1.84 bits per heavy atom. The minimum Gasteiger partial charge on any atom is -0.303 e. The zero-order chi connectivity index (χ0) is 22.2. The molecule has 0 unspecified atom stereocenters. The highest BCUT2D eigenvalue weighted by Crippen LogP contribution is 2.28. The zero-order valence-electron chi connectivity index (χ0n) is 18.2. The number of aromatic nitrogens is 5. The number of hydrogen-bond donors (Lipinski definition) is 1. The maximum Gasteiger partial charge on any atom is 0.328 e. The van der Waals surface area contributed by atoms with Crippen molar-refractivity contribution in [2.24, 2.45) is 0 Å². The molecule has 1 N–H and O–H groups in total. The molecule has 5 aromatic rings. The molecule has 0 atom stereocenters. The van der Waals surface area contributed by atoms with Crippen LogP contribution in [-0.2, 0) is 6.54 Å². The molecular weight excluding hydrogens is 418 g/mol. The Morgan fingerprint density at radius 3 is 2.56 bits per heavy atom.